The van der Waals surface area contributed by atoms with Crippen LogP contribution >= 0.6 is 0 Å². The lowest BCUT2D eigenvalue weighted by Gasteiger charge is -2.14. The predicted octanol–water partition coefficient (Wildman–Crippen LogP) is 1.38. The second-order valence-corrected chi connectivity index (χ2v) is 3.76. The third kappa shape index (κ3) is 3.91. The van der Waals surface area contributed by atoms with Crippen molar-refractivity contribution < 1.29 is 19.7 Å². The van der Waals surface area contributed by atoms with Crippen molar-refractivity contribution in [1.29, 1.82) is 0 Å². The number of aliphatic hydroxyl groups excluding tert-OH is 2. The lowest BCUT2D eigenvalue weighted by molar-refractivity contribution is 0.0884. The van der Waals surface area contributed by atoms with Gasteiger partial charge in [-0.2, -0.15) is 0 Å². The Morgan fingerprint density at radius 3 is 2.71 bits per heavy atom. The zero-order chi connectivity index (χ0) is 12.7. The first kappa shape index (κ1) is 13.8. The Bertz CT molecular complexity index is 338. The molecule has 0 aromatic heterocycles. The monoisotopic (exact) mass is 240 g/mol. The van der Waals surface area contributed by atoms with Crippen molar-refractivity contribution in [2.45, 2.75) is 25.9 Å². The molecule has 0 radical (unpaired) electrons. The SMILES string of the molecule is CCOc1c(CCC(O)CO)cccc1OC. The van der Waals surface area contributed by atoms with E-state index in [0.717, 1.165) is 11.3 Å². The standard InChI is InChI=1S/C13H20O4/c1-3-17-13-10(7-8-11(15)9-14)5-4-6-12(13)16-2/h4-6,11,14-15H,3,7-9H2,1-2H3. The molecule has 0 aliphatic carbocycles. The quantitative estimate of drug-likeness (QED) is 0.756. The third-order valence-corrected chi connectivity index (χ3v) is 2.53. The average molecular weight is 240 g/mol. The molecule has 0 amide bonds. The highest BCUT2D eigenvalue weighted by atomic mass is 16.5. The fourth-order valence-corrected chi connectivity index (χ4v) is 1.64. The second kappa shape index (κ2) is 7.14. The van der Waals surface area contributed by atoms with Crippen LogP contribution in [-0.2, 0) is 6.42 Å². The van der Waals surface area contributed by atoms with Gasteiger partial charge < -0.3 is 19.7 Å². The molecule has 0 aliphatic heterocycles. The predicted molar refractivity (Wildman–Crippen MR) is 65.6 cm³/mol. The van der Waals surface area contributed by atoms with Crippen LogP contribution in [0.3, 0.4) is 0 Å². The number of hydrogen-bond donors (Lipinski definition) is 2. The van der Waals surface area contributed by atoms with Crippen molar-refractivity contribution in [2.75, 3.05) is 20.3 Å². The van der Waals surface area contributed by atoms with E-state index in [-0.39, 0.29) is 6.61 Å². The van der Waals surface area contributed by atoms with E-state index in [1.54, 1.807) is 7.11 Å². The summed E-state index contributed by atoms with van der Waals surface area (Å²) in [7, 11) is 1.60. The minimum Gasteiger partial charge on any atom is -0.493 e. The van der Waals surface area contributed by atoms with Crippen LogP contribution in [0.1, 0.15) is 18.9 Å². The zero-order valence-electron chi connectivity index (χ0n) is 10.3. The summed E-state index contributed by atoms with van der Waals surface area (Å²) < 4.78 is 10.8. The number of rotatable bonds is 7. The minimum atomic E-state index is -0.685. The number of aryl methyl sites for hydroxylation is 1. The molecule has 0 bridgehead atoms. The second-order valence-electron chi connectivity index (χ2n) is 3.76. The van der Waals surface area contributed by atoms with Crippen molar-refractivity contribution in [3.63, 3.8) is 0 Å². The molecule has 1 unspecified atom stereocenters. The van der Waals surface area contributed by atoms with Gasteiger partial charge in [0.05, 0.1) is 26.4 Å². The highest BCUT2D eigenvalue weighted by Gasteiger charge is 2.11. The van der Waals surface area contributed by atoms with Gasteiger partial charge in [0.2, 0.25) is 0 Å². The molecular weight excluding hydrogens is 220 g/mol. The minimum absolute atomic E-state index is 0.214. The topological polar surface area (TPSA) is 58.9 Å². The van der Waals surface area contributed by atoms with E-state index in [0.29, 0.717) is 25.2 Å². The lowest BCUT2D eigenvalue weighted by atomic mass is 10.1. The van der Waals surface area contributed by atoms with Gasteiger partial charge in [0, 0.05) is 0 Å². The van der Waals surface area contributed by atoms with Crippen molar-refractivity contribution >= 4 is 0 Å². The molecule has 1 atom stereocenters. The number of hydrogen-bond acceptors (Lipinski definition) is 4. The van der Waals surface area contributed by atoms with E-state index in [1.807, 2.05) is 25.1 Å². The normalized spacial score (nSPS) is 12.2. The van der Waals surface area contributed by atoms with Gasteiger partial charge in [0.25, 0.3) is 0 Å². The summed E-state index contributed by atoms with van der Waals surface area (Å²) in [5, 5.41) is 18.1. The van der Waals surface area contributed by atoms with Crippen LogP contribution in [-0.4, -0.2) is 36.6 Å². The molecule has 4 nitrogen and oxygen atoms in total. The maximum Gasteiger partial charge on any atom is 0.164 e. The Hall–Kier alpha value is -1.26. The van der Waals surface area contributed by atoms with Crippen molar-refractivity contribution in [3.05, 3.63) is 23.8 Å². The first-order valence-corrected chi connectivity index (χ1v) is 5.80. The number of aliphatic hydroxyl groups is 2. The number of para-hydroxylation sites is 1. The van der Waals surface area contributed by atoms with Crippen LogP contribution in [0, 0.1) is 0 Å². The largest absolute Gasteiger partial charge is 0.493 e. The van der Waals surface area contributed by atoms with Crippen LogP contribution in [0.4, 0.5) is 0 Å². The van der Waals surface area contributed by atoms with E-state index in [9.17, 15) is 5.11 Å². The van der Waals surface area contributed by atoms with Gasteiger partial charge in [-0.1, -0.05) is 12.1 Å². The summed E-state index contributed by atoms with van der Waals surface area (Å²) in [6.07, 6.45) is 0.466. The zero-order valence-corrected chi connectivity index (χ0v) is 10.3. The first-order chi connectivity index (χ1) is 8.22. The van der Waals surface area contributed by atoms with E-state index in [4.69, 9.17) is 14.6 Å². The Morgan fingerprint density at radius 2 is 2.12 bits per heavy atom. The molecule has 0 saturated heterocycles. The van der Waals surface area contributed by atoms with Gasteiger partial charge in [0.15, 0.2) is 11.5 Å². The summed E-state index contributed by atoms with van der Waals surface area (Å²) in [6, 6.07) is 5.68. The number of ether oxygens (including phenoxy) is 2. The van der Waals surface area contributed by atoms with Gasteiger partial charge >= 0.3 is 0 Å². The molecule has 0 aliphatic rings. The molecule has 0 heterocycles. The molecular formula is C13H20O4. The van der Waals surface area contributed by atoms with E-state index in [2.05, 4.69) is 0 Å². The Morgan fingerprint density at radius 1 is 1.35 bits per heavy atom. The molecule has 0 fully saturated rings. The number of methoxy groups -OCH3 is 1. The molecule has 96 valence electrons. The highest BCUT2D eigenvalue weighted by Crippen LogP contribution is 2.32. The van der Waals surface area contributed by atoms with Gasteiger partial charge in [-0.05, 0) is 31.4 Å². The summed E-state index contributed by atoms with van der Waals surface area (Å²) in [4.78, 5) is 0. The Labute approximate surface area is 102 Å². The summed E-state index contributed by atoms with van der Waals surface area (Å²) >= 11 is 0. The van der Waals surface area contributed by atoms with Gasteiger partial charge in [-0.3, -0.25) is 0 Å². The Balaban J connectivity index is 2.82. The number of benzene rings is 1. The molecule has 0 saturated carbocycles. The van der Waals surface area contributed by atoms with Gasteiger partial charge in [-0.25, -0.2) is 0 Å². The van der Waals surface area contributed by atoms with E-state index in [1.165, 1.54) is 0 Å². The summed E-state index contributed by atoms with van der Waals surface area (Å²) in [6.45, 7) is 2.27. The average Bonchev–Trinajstić information content (AvgIpc) is 2.37. The molecule has 4 heteroatoms. The van der Waals surface area contributed by atoms with E-state index < -0.39 is 6.10 Å². The van der Waals surface area contributed by atoms with Crippen molar-refractivity contribution in [1.82, 2.24) is 0 Å². The fraction of sp³-hybridized carbons (Fsp3) is 0.538. The smallest absolute Gasteiger partial charge is 0.164 e. The molecule has 17 heavy (non-hydrogen) atoms. The van der Waals surface area contributed by atoms with Crippen LogP contribution in [0.15, 0.2) is 18.2 Å². The fourth-order valence-electron chi connectivity index (χ4n) is 1.64. The molecule has 2 N–H and O–H groups in total. The van der Waals surface area contributed by atoms with E-state index >= 15 is 0 Å². The molecule has 1 aromatic carbocycles. The lowest BCUT2D eigenvalue weighted by Crippen LogP contribution is -2.13. The van der Waals surface area contributed by atoms with Crippen LogP contribution in [0.2, 0.25) is 0 Å². The maximum absolute atomic E-state index is 9.34. The third-order valence-electron chi connectivity index (χ3n) is 2.53. The van der Waals surface area contributed by atoms with Crippen LogP contribution < -0.4 is 9.47 Å². The van der Waals surface area contributed by atoms with Gasteiger partial charge in [0.1, 0.15) is 0 Å². The van der Waals surface area contributed by atoms with Gasteiger partial charge in [-0.15, -0.1) is 0 Å². The summed E-state index contributed by atoms with van der Waals surface area (Å²) in [5.74, 6) is 1.42. The molecule has 1 rings (SSSR count). The van der Waals surface area contributed by atoms with Crippen LogP contribution in [0.25, 0.3) is 0 Å². The first-order valence-electron chi connectivity index (χ1n) is 5.80. The summed E-state index contributed by atoms with van der Waals surface area (Å²) in [5.41, 5.74) is 0.985. The maximum atomic E-state index is 9.34. The van der Waals surface area contributed by atoms with Crippen molar-refractivity contribution in [3.8, 4) is 11.5 Å². The molecule has 0 spiro atoms. The van der Waals surface area contributed by atoms with Crippen LogP contribution in [0.5, 0.6) is 11.5 Å². The van der Waals surface area contributed by atoms with Crippen molar-refractivity contribution in [2.24, 2.45) is 0 Å². The Kier molecular flexibility index (Phi) is 5.80. The highest BCUT2D eigenvalue weighted by molar-refractivity contribution is 5.46. The molecule has 1 aromatic rings.